The van der Waals surface area contributed by atoms with Gasteiger partial charge in [-0.15, -0.1) is 0 Å². The molecule has 2 N–H and O–H groups in total. The van der Waals surface area contributed by atoms with Gasteiger partial charge in [-0.25, -0.2) is 21.6 Å². The number of nitrogens with zero attached hydrogens (tertiary/aromatic N) is 1. The molecule has 10 heteroatoms. The number of nitrogens with one attached hydrogen (secondary N) is 2. The predicted molar refractivity (Wildman–Crippen MR) is 152 cm³/mol. The molecule has 1 fully saturated rings. The first-order valence-electron chi connectivity index (χ1n) is 12.8. The molecule has 0 aliphatic carbocycles. The molecular weight excluding hydrogens is 534 g/mol. The average Bonchev–Trinajstić information content (AvgIpc) is 3.45. The second-order valence-electron chi connectivity index (χ2n) is 9.49. The minimum Gasteiger partial charge on any atom is -0.351 e. The van der Waals surface area contributed by atoms with Gasteiger partial charge in [0.2, 0.25) is 26.0 Å². The maximum absolute atomic E-state index is 13.5. The molecule has 39 heavy (non-hydrogen) atoms. The fourth-order valence-electron chi connectivity index (χ4n) is 4.73. The molecule has 2 atom stereocenters. The first kappa shape index (κ1) is 28.7. The van der Waals surface area contributed by atoms with Gasteiger partial charge in [-0.1, -0.05) is 79.4 Å². The summed E-state index contributed by atoms with van der Waals surface area (Å²) in [4.78, 5) is 13.4. The van der Waals surface area contributed by atoms with Gasteiger partial charge in [-0.2, -0.15) is 4.31 Å². The summed E-state index contributed by atoms with van der Waals surface area (Å²) in [6.45, 7) is 3.95. The lowest BCUT2D eigenvalue weighted by Gasteiger charge is -2.24. The number of benzene rings is 3. The van der Waals surface area contributed by atoms with Crippen molar-refractivity contribution in [3.8, 4) is 0 Å². The van der Waals surface area contributed by atoms with Crippen LogP contribution in [0.4, 0.5) is 0 Å². The maximum Gasteiger partial charge on any atom is 0.243 e. The molecule has 1 aliphatic rings. The van der Waals surface area contributed by atoms with E-state index in [1.54, 1.807) is 12.1 Å². The van der Waals surface area contributed by atoms with E-state index in [9.17, 15) is 21.6 Å². The first-order valence-corrected chi connectivity index (χ1v) is 15.8. The lowest BCUT2D eigenvalue weighted by atomic mass is 9.91. The van der Waals surface area contributed by atoms with E-state index >= 15 is 0 Å². The average molecular weight is 568 g/mol. The normalized spacial score (nSPS) is 17.0. The third-order valence-corrected chi connectivity index (χ3v) is 9.83. The number of carbonyl (C=O) groups is 1. The molecule has 1 amide bonds. The number of carbonyl (C=O) groups excluding carboxylic acids is 1. The summed E-state index contributed by atoms with van der Waals surface area (Å²) in [7, 11) is -7.52. The molecule has 8 nitrogen and oxygen atoms in total. The summed E-state index contributed by atoms with van der Waals surface area (Å²) >= 11 is 0. The maximum atomic E-state index is 13.5. The van der Waals surface area contributed by atoms with E-state index in [4.69, 9.17) is 0 Å². The Kier molecular flexibility index (Phi) is 9.34. The molecule has 0 spiro atoms. The minimum absolute atomic E-state index is 0.0214. The molecule has 0 bridgehead atoms. The largest absolute Gasteiger partial charge is 0.351 e. The number of sulfonamides is 2. The van der Waals surface area contributed by atoms with Gasteiger partial charge >= 0.3 is 0 Å². The van der Waals surface area contributed by atoms with Crippen molar-refractivity contribution in [1.29, 1.82) is 0 Å². The molecule has 1 heterocycles. The van der Waals surface area contributed by atoms with Crippen LogP contribution >= 0.6 is 0 Å². The molecule has 3 aromatic rings. The van der Waals surface area contributed by atoms with Crippen LogP contribution in [-0.2, 0) is 37.8 Å². The Balaban J connectivity index is 1.53. The molecule has 0 aromatic heterocycles. The monoisotopic (exact) mass is 567 g/mol. The Morgan fingerprint density at radius 2 is 1.54 bits per heavy atom. The van der Waals surface area contributed by atoms with Crippen LogP contribution in [0.15, 0.2) is 102 Å². The highest BCUT2D eigenvalue weighted by Gasteiger charge is 2.35. The number of rotatable bonds is 12. The molecule has 2 unspecified atom stereocenters. The minimum atomic E-state index is -3.86. The third-order valence-electron chi connectivity index (χ3n) is 6.86. The second-order valence-corrected chi connectivity index (χ2v) is 13.1. The Hall–Kier alpha value is -3.31. The lowest BCUT2D eigenvalue weighted by Crippen LogP contribution is -2.42. The van der Waals surface area contributed by atoms with Crippen LogP contribution in [0.2, 0.25) is 0 Å². The van der Waals surface area contributed by atoms with Gasteiger partial charge in [-0.05, 0) is 48.1 Å². The van der Waals surface area contributed by atoms with Crippen LogP contribution in [0.1, 0.15) is 35.4 Å². The van der Waals surface area contributed by atoms with E-state index in [1.807, 2.05) is 60.7 Å². The highest BCUT2D eigenvalue weighted by atomic mass is 32.2. The predicted octanol–water partition coefficient (Wildman–Crippen LogP) is 3.55. The van der Waals surface area contributed by atoms with Crippen molar-refractivity contribution in [2.75, 3.05) is 13.1 Å². The van der Waals surface area contributed by atoms with Crippen molar-refractivity contribution in [3.05, 3.63) is 114 Å². The summed E-state index contributed by atoms with van der Waals surface area (Å²) in [5, 5.41) is 3.82. The van der Waals surface area contributed by atoms with Gasteiger partial charge in [0.25, 0.3) is 0 Å². The van der Waals surface area contributed by atoms with Gasteiger partial charge in [-0.3, -0.25) is 4.79 Å². The van der Waals surface area contributed by atoms with Crippen LogP contribution in [-0.4, -0.2) is 46.2 Å². The topological polar surface area (TPSA) is 113 Å². The van der Waals surface area contributed by atoms with Crippen LogP contribution < -0.4 is 10.0 Å². The van der Waals surface area contributed by atoms with Crippen LogP contribution in [0, 0.1) is 0 Å². The highest BCUT2D eigenvalue weighted by molar-refractivity contribution is 7.92. The summed E-state index contributed by atoms with van der Waals surface area (Å²) in [5.41, 5.74) is 2.69. The van der Waals surface area contributed by atoms with Crippen molar-refractivity contribution in [2.24, 2.45) is 0 Å². The van der Waals surface area contributed by atoms with Crippen molar-refractivity contribution >= 4 is 26.0 Å². The molecule has 0 radical (unpaired) electrons. The molecule has 0 saturated carbocycles. The van der Waals surface area contributed by atoms with Crippen LogP contribution in [0.3, 0.4) is 0 Å². The second kappa shape index (κ2) is 12.7. The fraction of sp³-hybridized carbons (Fsp3) is 0.276. The smallest absolute Gasteiger partial charge is 0.243 e. The summed E-state index contributed by atoms with van der Waals surface area (Å²) in [6.07, 6.45) is 1.65. The first-order chi connectivity index (χ1) is 18.7. The quantitative estimate of drug-likeness (QED) is 0.348. The van der Waals surface area contributed by atoms with Crippen LogP contribution in [0.5, 0.6) is 0 Å². The van der Waals surface area contributed by atoms with Crippen LogP contribution in [0.25, 0.3) is 0 Å². The van der Waals surface area contributed by atoms with Crippen molar-refractivity contribution in [1.82, 2.24) is 14.3 Å². The fourth-order valence-corrected chi connectivity index (χ4v) is 6.96. The number of hydrogen-bond acceptors (Lipinski definition) is 5. The molecular formula is C29H33N3O5S2. The SMILES string of the molecule is C=CS(=O)(=O)NCC1CCCN1S(=O)(=O)c1ccc(C(Cc2ccccc2)C(=O)NCc2ccccc2)cc1. The third kappa shape index (κ3) is 7.42. The zero-order valence-corrected chi connectivity index (χ0v) is 23.2. The van der Waals surface area contributed by atoms with E-state index < -0.39 is 32.0 Å². The zero-order valence-electron chi connectivity index (χ0n) is 21.6. The molecule has 206 valence electrons. The van der Waals surface area contributed by atoms with Gasteiger partial charge in [0.15, 0.2) is 0 Å². The zero-order chi connectivity index (χ0) is 27.9. The Bertz CT molecular complexity index is 1480. The summed E-state index contributed by atoms with van der Waals surface area (Å²) in [6, 6.07) is 25.3. The van der Waals surface area contributed by atoms with Crippen molar-refractivity contribution < 1.29 is 21.6 Å². The van der Waals surface area contributed by atoms with E-state index in [2.05, 4.69) is 16.6 Å². The summed E-state index contributed by atoms with van der Waals surface area (Å²) < 4.78 is 54.2. The molecule has 4 rings (SSSR count). The Morgan fingerprint density at radius 1 is 0.923 bits per heavy atom. The molecule has 1 aliphatic heterocycles. The summed E-state index contributed by atoms with van der Waals surface area (Å²) in [5.74, 6) is -0.659. The Morgan fingerprint density at radius 3 is 2.15 bits per heavy atom. The van der Waals surface area contributed by atoms with Gasteiger partial charge in [0.1, 0.15) is 0 Å². The lowest BCUT2D eigenvalue weighted by molar-refractivity contribution is -0.122. The van der Waals surface area contributed by atoms with Crippen molar-refractivity contribution in [3.63, 3.8) is 0 Å². The molecule has 1 saturated heterocycles. The number of hydrogen-bond donors (Lipinski definition) is 2. The Labute approximate surface area is 230 Å². The van der Waals surface area contributed by atoms with Gasteiger partial charge < -0.3 is 5.32 Å². The van der Waals surface area contributed by atoms with E-state index in [0.717, 1.165) is 16.5 Å². The highest BCUT2D eigenvalue weighted by Crippen LogP contribution is 2.28. The number of amides is 1. The van der Waals surface area contributed by atoms with E-state index in [-0.39, 0.29) is 17.3 Å². The van der Waals surface area contributed by atoms with Gasteiger partial charge in [0.05, 0.1) is 10.8 Å². The van der Waals surface area contributed by atoms with E-state index in [1.165, 1.54) is 16.4 Å². The van der Waals surface area contributed by atoms with Gasteiger partial charge in [0, 0.05) is 31.1 Å². The van der Waals surface area contributed by atoms with Crippen molar-refractivity contribution in [2.45, 2.75) is 42.7 Å². The van der Waals surface area contributed by atoms with E-state index in [0.29, 0.717) is 37.9 Å². The standard InChI is InChI=1S/C29H33N3O5S2/c1-2-38(34,35)31-22-26-14-9-19-32(26)39(36,37)27-17-15-25(16-18-27)28(20-23-10-5-3-6-11-23)29(33)30-21-24-12-7-4-8-13-24/h2-8,10-13,15-18,26,28,31H,1,9,14,19-22H2,(H,30,33). The molecule has 3 aromatic carbocycles.